The largest absolute Gasteiger partial charge is 0.378 e. The second-order valence-electron chi connectivity index (χ2n) is 9.38. The highest BCUT2D eigenvalue weighted by Gasteiger charge is 2.21. The number of carbonyl (C=O) groups excluding carboxylic acids is 2. The van der Waals surface area contributed by atoms with Crippen LogP contribution < -0.4 is 5.32 Å². The van der Waals surface area contributed by atoms with Crippen molar-refractivity contribution in [3.05, 3.63) is 71.5 Å². The number of aliphatic imine (C=N–C) groups is 1. The Bertz CT molecular complexity index is 1400. The van der Waals surface area contributed by atoms with Crippen molar-refractivity contribution in [2.24, 2.45) is 4.99 Å². The van der Waals surface area contributed by atoms with Gasteiger partial charge in [-0.3, -0.25) is 19.7 Å². The van der Waals surface area contributed by atoms with Gasteiger partial charge in [-0.05, 0) is 68.0 Å². The Morgan fingerprint density at radius 1 is 1.11 bits per heavy atom. The fourth-order valence-corrected chi connectivity index (χ4v) is 4.73. The zero-order valence-electron chi connectivity index (χ0n) is 21.4. The number of nitrogens with zero attached hydrogens (tertiary/aromatic N) is 5. The van der Waals surface area contributed by atoms with Gasteiger partial charge in [-0.25, -0.2) is 4.98 Å². The first-order chi connectivity index (χ1) is 18.5. The minimum atomic E-state index is -0.361. The summed E-state index contributed by atoms with van der Waals surface area (Å²) in [6.07, 6.45) is 7.36. The summed E-state index contributed by atoms with van der Waals surface area (Å²) in [5.74, 6) is -0.440. The van der Waals surface area contributed by atoms with E-state index in [0.717, 1.165) is 61.4 Å². The number of amides is 2. The van der Waals surface area contributed by atoms with Gasteiger partial charge in [-0.1, -0.05) is 6.07 Å². The third-order valence-electron chi connectivity index (χ3n) is 6.83. The monoisotopic (exact) mass is 513 g/mol. The number of pyridine rings is 1. The van der Waals surface area contributed by atoms with Crippen molar-refractivity contribution in [3.8, 4) is 0 Å². The van der Waals surface area contributed by atoms with Gasteiger partial charge in [0.2, 0.25) is 0 Å². The van der Waals surface area contributed by atoms with Crippen LogP contribution in [-0.2, 0) is 4.74 Å². The number of carbonyl (C=O) groups is 2. The number of hydrogen-bond donors (Lipinski definition) is 2. The lowest BCUT2D eigenvalue weighted by molar-refractivity contribution is 0.0553. The van der Waals surface area contributed by atoms with Crippen molar-refractivity contribution in [1.29, 1.82) is 0 Å². The Hall–Kier alpha value is -4.31. The Morgan fingerprint density at radius 3 is 2.61 bits per heavy atom. The first-order valence-corrected chi connectivity index (χ1v) is 12.8. The van der Waals surface area contributed by atoms with Crippen LogP contribution in [0.2, 0.25) is 0 Å². The summed E-state index contributed by atoms with van der Waals surface area (Å²) in [4.78, 5) is 37.9. The van der Waals surface area contributed by atoms with Gasteiger partial charge in [0.05, 0.1) is 36.3 Å². The number of likely N-dealkylation sites (tertiary alicyclic amines) is 1. The standard InChI is InChI=1S/C28H31N7O3/c1-19(15-22(18-29-2)34-11-13-38-14-12-34)20-5-7-24-23(16-20)26(33-32-24)27(36)31-21-6-8-25(30-17-21)28(37)35-9-3-4-10-35/h5-8,15-18H,2-4,9-14H2,1H3,(H,31,36)(H,32,33)/b19-15+,22-18+. The third-order valence-corrected chi connectivity index (χ3v) is 6.83. The normalized spacial score (nSPS) is 16.7. The summed E-state index contributed by atoms with van der Waals surface area (Å²) >= 11 is 0. The predicted molar refractivity (Wildman–Crippen MR) is 147 cm³/mol. The Labute approximate surface area is 221 Å². The van der Waals surface area contributed by atoms with E-state index in [4.69, 9.17) is 4.74 Å². The molecular formula is C28H31N7O3. The van der Waals surface area contributed by atoms with Crippen LogP contribution in [0, 0.1) is 0 Å². The summed E-state index contributed by atoms with van der Waals surface area (Å²) in [6, 6.07) is 9.19. The van der Waals surface area contributed by atoms with Gasteiger partial charge >= 0.3 is 0 Å². The van der Waals surface area contributed by atoms with Crippen LogP contribution in [0.25, 0.3) is 16.5 Å². The Morgan fingerprint density at radius 2 is 1.89 bits per heavy atom. The second-order valence-corrected chi connectivity index (χ2v) is 9.38. The minimum Gasteiger partial charge on any atom is -0.378 e. The van der Waals surface area contributed by atoms with Crippen molar-refractivity contribution in [2.45, 2.75) is 19.8 Å². The van der Waals surface area contributed by atoms with Crippen molar-refractivity contribution in [3.63, 3.8) is 0 Å². The van der Waals surface area contributed by atoms with Crippen LogP contribution in [0.15, 0.2) is 59.5 Å². The number of nitrogens with one attached hydrogen (secondary N) is 2. The number of rotatable bonds is 7. The molecule has 2 aliphatic heterocycles. The van der Waals surface area contributed by atoms with E-state index >= 15 is 0 Å². The molecule has 0 spiro atoms. The summed E-state index contributed by atoms with van der Waals surface area (Å²) < 4.78 is 5.47. The van der Waals surface area contributed by atoms with E-state index in [-0.39, 0.29) is 17.5 Å². The van der Waals surface area contributed by atoms with Crippen LogP contribution in [0.3, 0.4) is 0 Å². The zero-order chi connectivity index (χ0) is 26.5. The summed E-state index contributed by atoms with van der Waals surface area (Å²) in [5.41, 5.74) is 4.85. The maximum Gasteiger partial charge on any atom is 0.276 e. The maximum absolute atomic E-state index is 13.1. The number of aromatic amines is 1. The van der Waals surface area contributed by atoms with Gasteiger partial charge in [-0.15, -0.1) is 0 Å². The molecule has 5 rings (SSSR count). The molecule has 10 nitrogen and oxygen atoms in total. The Balaban J connectivity index is 1.33. The summed E-state index contributed by atoms with van der Waals surface area (Å²) in [6.45, 7) is 10.1. The number of allylic oxidation sites excluding steroid dienone is 2. The number of anilines is 1. The highest BCUT2D eigenvalue weighted by molar-refractivity contribution is 6.11. The molecule has 2 fully saturated rings. The molecule has 2 saturated heterocycles. The van der Waals surface area contributed by atoms with Crippen LogP contribution in [0.4, 0.5) is 5.69 Å². The molecule has 0 atom stereocenters. The van der Waals surface area contributed by atoms with E-state index < -0.39 is 0 Å². The van der Waals surface area contributed by atoms with Crippen molar-refractivity contribution in [2.75, 3.05) is 44.7 Å². The molecule has 4 heterocycles. The molecule has 2 aromatic heterocycles. The van der Waals surface area contributed by atoms with E-state index in [1.165, 1.54) is 6.20 Å². The Kier molecular flexibility index (Phi) is 7.60. The molecular weight excluding hydrogens is 482 g/mol. The molecule has 0 radical (unpaired) electrons. The number of fused-ring (bicyclic) bond motifs is 1. The number of aromatic nitrogens is 3. The fraction of sp³-hybridized carbons (Fsp3) is 0.321. The molecule has 2 N–H and O–H groups in total. The summed E-state index contributed by atoms with van der Waals surface area (Å²) in [5, 5.41) is 10.7. The number of H-pyrrole nitrogens is 1. The quantitative estimate of drug-likeness (QED) is 0.368. The molecule has 2 amide bonds. The number of ether oxygens (including phenoxy) is 1. The van der Waals surface area contributed by atoms with Crippen LogP contribution >= 0.6 is 0 Å². The number of morpholine rings is 1. The topological polar surface area (TPSA) is 116 Å². The SMILES string of the molecule is C=N/C=C(\C=C(/C)c1ccc2[nH]nc(C(=O)Nc3ccc(C(=O)N4CCCC4)nc3)c2c1)N1CCOCC1. The minimum absolute atomic E-state index is 0.0786. The highest BCUT2D eigenvalue weighted by Crippen LogP contribution is 2.25. The zero-order valence-corrected chi connectivity index (χ0v) is 21.4. The molecule has 196 valence electrons. The van der Waals surface area contributed by atoms with Crippen LogP contribution in [-0.4, -0.2) is 82.9 Å². The maximum atomic E-state index is 13.1. The lowest BCUT2D eigenvalue weighted by Gasteiger charge is -2.29. The van der Waals surface area contributed by atoms with Gasteiger partial charge < -0.3 is 19.9 Å². The lowest BCUT2D eigenvalue weighted by atomic mass is 10.0. The van der Waals surface area contributed by atoms with Gasteiger partial charge in [-0.2, -0.15) is 5.10 Å². The molecule has 10 heteroatoms. The van der Waals surface area contributed by atoms with Gasteiger partial charge in [0.25, 0.3) is 11.8 Å². The van der Waals surface area contributed by atoms with Gasteiger partial charge in [0.15, 0.2) is 5.69 Å². The van der Waals surface area contributed by atoms with E-state index in [0.29, 0.717) is 30.0 Å². The van der Waals surface area contributed by atoms with E-state index in [2.05, 4.69) is 43.2 Å². The second kappa shape index (κ2) is 11.4. The molecule has 1 aromatic carbocycles. The predicted octanol–water partition coefficient (Wildman–Crippen LogP) is 3.72. The van der Waals surface area contributed by atoms with Crippen molar-refractivity contribution >= 4 is 40.7 Å². The molecule has 38 heavy (non-hydrogen) atoms. The smallest absolute Gasteiger partial charge is 0.276 e. The molecule has 3 aromatic rings. The third kappa shape index (κ3) is 5.50. The van der Waals surface area contributed by atoms with Gasteiger partial charge in [0.1, 0.15) is 5.69 Å². The van der Waals surface area contributed by atoms with Crippen LogP contribution in [0.5, 0.6) is 0 Å². The van der Waals surface area contributed by atoms with Crippen molar-refractivity contribution < 1.29 is 14.3 Å². The molecule has 2 aliphatic rings. The first kappa shape index (κ1) is 25.3. The van der Waals surface area contributed by atoms with E-state index in [9.17, 15) is 9.59 Å². The van der Waals surface area contributed by atoms with E-state index in [1.807, 2.05) is 25.1 Å². The van der Waals surface area contributed by atoms with Crippen molar-refractivity contribution in [1.82, 2.24) is 25.0 Å². The highest BCUT2D eigenvalue weighted by atomic mass is 16.5. The average Bonchev–Trinajstić information content (AvgIpc) is 3.63. The number of benzene rings is 1. The molecule has 0 unspecified atom stereocenters. The summed E-state index contributed by atoms with van der Waals surface area (Å²) in [7, 11) is 0. The molecule has 0 aliphatic carbocycles. The molecule has 0 bridgehead atoms. The average molecular weight is 514 g/mol. The molecule has 0 saturated carbocycles. The fourth-order valence-electron chi connectivity index (χ4n) is 4.73. The first-order valence-electron chi connectivity index (χ1n) is 12.8. The van der Waals surface area contributed by atoms with Gasteiger partial charge in [0, 0.05) is 37.8 Å². The lowest BCUT2D eigenvalue weighted by Crippen LogP contribution is -2.35. The number of hydrogen-bond acceptors (Lipinski definition) is 7. The van der Waals surface area contributed by atoms with E-state index in [1.54, 1.807) is 23.2 Å². The van der Waals surface area contributed by atoms with Crippen LogP contribution in [0.1, 0.15) is 46.3 Å².